The van der Waals surface area contributed by atoms with Crippen molar-refractivity contribution in [1.29, 1.82) is 0 Å². The van der Waals surface area contributed by atoms with Crippen molar-refractivity contribution in [3.63, 3.8) is 0 Å². The van der Waals surface area contributed by atoms with E-state index in [2.05, 4.69) is 10.3 Å². The Labute approximate surface area is 159 Å². The molecule has 0 aliphatic heterocycles. The Morgan fingerprint density at radius 1 is 1.19 bits per heavy atom. The van der Waals surface area contributed by atoms with Crippen molar-refractivity contribution in [2.75, 3.05) is 7.05 Å². The summed E-state index contributed by atoms with van der Waals surface area (Å²) in [6.07, 6.45) is 0.636. The number of benzene rings is 1. The molecule has 0 saturated heterocycles. The van der Waals surface area contributed by atoms with Crippen LogP contribution >= 0.6 is 11.3 Å². The number of rotatable bonds is 5. The molecule has 0 atom stereocenters. The van der Waals surface area contributed by atoms with Crippen LogP contribution in [0.2, 0.25) is 0 Å². The van der Waals surface area contributed by atoms with Crippen molar-refractivity contribution < 1.29 is 22.3 Å². The molecule has 9 heteroatoms. The second-order valence-electron chi connectivity index (χ2n) is 5.40. The van der Waals surface area contributed by atoms with Crippen molar-refractivity contribution in [2.45, 2.75) is 15.7 Å². The number of nitrogens with one attached hydrogen (secondary N) is 1. The Morgan fingerprint density at radius 3 is 2.59 bits per heavy atom. The molecule has 0 aliphatic rings. The monoisotopic (exact) mass is 406 g/mol. The molecular formula is C18H15FN2O4S2. The Balaban J connectivity index is 2.12. The molecule has 0 unspecified atom stereocenters. The molecule has 3 aromatic rings. The molecule has 0 saturated carbocycles. The summed E-state index contributed by atoms with van der Waals surface area (Å²) in [6.45, 7) is -0.135. The van der Waals surface area contributed by atoms with E-state index in [1.165, 1.54) is 43.6 Å². The Morgan fingerprint density at radius 2 is 1.93 bits per heavy atom. The molecule has 0 bridgehead atoms. The van der Waals surface area contributed by atoms with E-state index in [1.807, 2.05) is 0 Å². The van der Waals surface area contributed by atoms with Crippen LogP contribution in [0.1, 0.15) is 4.88 Å². The van der Waals surface area contributed by atoms with Crippen molar-refractivity contribution in [1.82, 2.24) is 10.3 Å². The topological polar surface area (TPSA) is 85.4 Å². The highest BCUT2D eigenvalue weighted by molar-refractivity contribution is 7.93. The largest absolute Gasteiger partial charge is 0.444 e. The van der Waals surface area contributed by atoms with Crippen molar-refractivity contribution in [3.8, 4) is 11.1 Å². The van der Waals surface area contributed by atoms with Crippen LogP contribution in [-0.2, 0) is 21.2 Å². The lowest BCUT2D eigenvalue weighted by molar-refractivity contribution is 0.143. The smallest absolute Gasteiger partial charge is 0.407 e. The van der Waals surface area contributed by atoms with Gasteiger partial charge in [-0.05, 0) is 30.3 Å². The third-order valence-electron chi connectivity index (χ3n) is 3.65. The zero-order valence-electron chi connectivity index (χ0n) is 14.2. The van der Waals surface area contributed by atoms with Crippen LogP contribution in [0.4, 0.5) is 9.18 Å². The van der Waals surface area contributed by atoms with Crippen LogP contribution in [0.3, 0.4) is 0 Å². The predicted molar refractivity (Wildman–Crippen MR) is 98.6 cm³/mol. The summed E-state index contributed by atoms with van der Waals surface area (Å²) >= 11 is 0.930. The van der Waals surface area contributed by atoms with Gasteiger partial charge in [-0.1, -0.05) is 18.2 Å². The Hall–Kier alpha value is -2.78. The van der Waals surface area contributed by atoms with Crippen LogP contribution in [0.15, 0.2) is 63.8 Å². The minimum absolute atomic E-state index is 0.0314. The fourth-order valence-electron chi connectivity index (χ4n) is 2.38. The van der Waals surface area contributed by atoms with Crippen LogP contribution in [0.5, 0.6) is 0 Å². The Bertz CT molecular complexity index is 1070. The SMILES string of the molecule is CNC(=O)OCc1cc(-c2cccnc2F)c(S(=O)(=O)c2ccccc2)s1. The molecule has 3 rings (SSSR count). The van der Waals surface area contributed by atoms with E-state index < -0.39 is 21.9 Å². The maximum Gasteiger partial charge on any atom is 0.407 e. The quantitative estimate of drug-likeness (QED) is 0.654. The normalized spacial score (nSPS) is 11.2. The number of carbonyl (C=O) groups excluding carboxylic acids is 1. The van der Waals surface area contributed by atoms with Crippen molar-refractivity contribution in [3.05, 3.63) is 65.6 Å². The molecule has 27 heavy (non-hydrogen) atoms. The number of hydrogen-bond acceptors (Lipinski definition) is 6. The summed E-state index contributed by atoms with van der Waals surface area (Å²) in [5.41, 5.74) is 0.249. The van der Waals surface area contributed by atoms with Gasteiger partial charge in [-0.25, -0.2) is 18.2 Å². The second-order valence-corrected chi connectivity index (χ2v) is 8.68. The number of hydrogen-bond donors (Lipinski definition) is 1. The van der Waals surface area contributed by atoms with E-state index in [1.54, 1.807) is 18.2 Å². The summed E-state index contributed by atoms with van der Waals surface area (Å²) in [5, 5.41) is 2.31. The van der Waals surface area contributed by atoms with Gasteiger partial charge in [0.05, 0.1) is 4.90 Å². The predicted octanol–water partition coefficient (Wildman–Crippen LogP) is 3.64. The van der Waals surface area contributed by atoms with E-state index in [0.717, 1.165) is 11.3 Å². The van der Waals surface area contributed by atoms with Gasteiger partial charge in [0.15, 0.2) is 0 Å². The summed E-state index contributed by atoms with van der Waals surface area (Å²) < 4.78 is 45.4. The number of pyridine rings is 1. The highest BCUT2D eigenvalue weighted by Crippen LogP contribution is 2.39. The van der Waals surface area contributed by atoms with E-state index in [4.69, 9.17) is 4.74 Å². The van der Waals surface area contributed by atoms with Gasteiger partial charge in [-0.15, -0.1) is 11.3 Å². The zero-order valence-corrected chi connectivity index (χ0v) is 15.8. The number of halogens is 1. The highest BCUT2D eigenvalue weighted by Gasteiger charge is 2.27. The molecule has 1 aromatic carbocycles. The first-order valence-electron chi connectivity index (χ1n) is 7.81. The molecule has 2 heterocycles. The number of amides is 1. The molecule has 1 amide bonds. The summed E-state index contributed by atoms with van der Waals surface area (Å²) in [7, 11) is -2.47. The van der Waals surface area contributed by atoms with Gasteiger partial charge in [-0.3, -0.25) is 0 Å². The Kier molecular flexibility index (Phi) is 5.52. The molecule has 140 valence electrons. The third kappa shape index (κ3) is 3.99. The summed E-state index contributed by atoms with van der Waals surface area (Å²) in [5.74, 6) is -0.779. The molecule has 2 aromatic heterocycles. The van der Waals surface area contributed by atoms with E-state index in [0.29, 0.717) is 4.88 Å². The van der Waals surface area contributed by atoms with Gasteiger partial charge in [0.2, 0.25) is 15.8 Å². The van der Waals surface area contributed by atoms with E-state index in [9.17, 15) is 17.6 Å². The third-order valence-corrected chi connectivity index (χ3v) is 7.06. The van der Waals surface area contributed by atoms with Gasteiger partial charge >= 0.3 is 6.09 Å². The highest BCUT2D eigenvalue weighted by atomic mass is 32.2. The lowest BCUT2D eigenvalue weighted by Gasteiger charge is -2.06. The van der Waals surface area contributed by atoms with Crippen LogP contribution < -0.4 is 5.32 Å². The average Bonchev–Trinajstić information content (AvgIpc) is 3.12. The van der Waals surface area contributed by atoms with E-state index in [-0.39, 0.29) is 26.8 Å². The maximum atomic E-state index is 14.2. The first-order valence-corrected chi connectivity index (χ1v) is 10.1. The number of ether oxygens (including phenoxy) is 1. The van der Waals surface area contributed by atoms with Gasteiger partial charge in [0, 0.05) is 29.2 Å². The van der Waals surface area contributed by atoms with Gasteiger partial charge in [-0.2, -0.15) is 4.39 Å². The molecule has 1 N–H and O–H groups in total. The average molecular weight is 406 g/mol. The number of nitrogens with zero attached hydrogens (tertiary/aromatic N) is 1. The van der Waals surface area contributed by atoms with Crippen molar-refractivity contribution >= 4 is 27.3 Å². The number of aromatic nitrogens is 1. The van der Waals surface area contributed by atoms with Gasteiger partial charge in [0.25, 0.3) is 0 Å². The molecular weight excluding hydrogens is 391 g/mol. The van der Waals surface area contributed by atoms with Crippen LogP contribution in [0, 0.1) is 5.95 Å². The first kappa shape index (κ1) is 19.0. The summed E-state index contributed by atoms with van der Waals surface area (Å²) in [6, 6.07) is 12.4. The first-order chi connectivity index (χ1) is 12.9. The molecule has 0 fully saturated rings. The number of sulfone groups is 1. The summed E-state index contributed by atoms with van der Waals surface area (Å²) in [4.78, 5) is 15.5. The minimum Gasteiger partial charge on any atom is -0.444 e. The van der Waals surface area contributed by atoms with Crippen LogP contribution in [0.25, 0.3) is 11.1 Å². The molecule has 0 spiro atoms. The molecule has 0 aliphatic carbocycles. The van der Waals surface area contributed by atoms with Crippen LogP contribution in [-0.4, -0.2) is 26.5 Å². The number of carbonyl (C=O) groups is 1. The fourth-order valence-corrected chi connectivity index (χ4v) is 5.43. The molecule has 0 radical (unpaired) electrons. The maximum absolute atomic E-state index is 14.2. The standard InChI is InChI=1S/C18H15FN2O4S2/c1-20-18(22)25-11-12-10-15(14-8-5-9-21-16(14)19)17(26-12)27(23,24)13-6-3-2-4-7-13/h2-10H,11H2,1H3,(H,20,22). The van der Waals surface area contributed by atoms with Gasteiger partial charge < -0.3 is 10.1 Å². The fraction of sp³-hybridized carbons (Fsp3) is 0.111. The number of alkyl carbamates (subject to hydrolysis) is 1. The van der Waals surface area contributed by atoms with E-state index >= 15 is 0 Å². The minimum atomic E-state index is -3.89. The van der Waals surface area contributed by atoms with Crippen molar-refractivity contribution in [2.24, 2.45) is 0 Å². The number of thiophene rings is 1. The lowest BCUT2D eigenvalue weighted by atomic mass is 10.1. The molecule has 6 nitrogen and oxygen atoms in total. The van der Waals surface area contributed by atoms with Gasteiger partial charge in [0.1, 0.15) is 10.8 Å². The lowest BCUT2D eigenvalue weighted by Crippen LogP contribution is -2.18. The second kappa shape index (κ2) is 7.85. The zero-order chi connectivity index (χ0) is 19.4.